The Kier molecular flexibility index (Phi) is 6.30. The van der Waals surface area contributed by atoms with E-state index in [1.807, 2.05) is 95.7 Å². The summed E-state index contributed by atoms with van der Waals surface area (Å²) in [5.41, 5.74) is 8.93. The molecule has 28 heavy (non-hydrogen) atoms. The molecule has 0 aliphatic rings. The minimum Gasteiger partial charge on any atom is -0.322 e. The molecule has 8 nitrogen and oxygen atoms in total. The lowest BCUT2D eigenvalue weighted by Gasteiger charge is -1.96. The van der Waals surface area contributed by atoms with E-state index in [9.17, 15) is 0 Å². The summed E-state index contributed by atoms with van der Waals surface area (Å²) in [6.45, 7) is 0. The fourth-order valence-electron chi connectivity index (χ4n) is 2.49. The van der Waals surface area contributed by atoms with E-state index in [1.165, 1.54) is 0 Å². The van der Waals surface area contributed by atoms with Crippen LogP contribution in [0.1, 0.15) is 0 Å². The minimum absolute atomic E-state index is 0.806. The Morgan fingerprint density at radius 3 is 1.96 bits per heavy atom. The predicted octanol–water partition coefficient (Wildman–Crippen LogP) is 3.13. The third-order valence-electron chi connectivity index (χ3n) is 3.71. The fraction of sp³-hybridized carbons (Fsp3) is 0. The number of nitrogens with two attached hydrogens (primary N) is 1. The molecule has 0 aliphatic heterocycles. The van der Waals surface area contributed by atoms with Crippen LogP contribution in [0.4, 0.5) is 0 Å². The monoisotopic (exact) mass is 371 g/mol. The van der Waals surface area contributed by atoms with Crippen molar-refractivity contribution in [1.82, 2.24) is 15.1 Å². The highest BCUT2D eigenvalue weighted by atomic mass is 15.6. The van der Waals surface area contributed by atoms with Gasteiger partial charge in [0.15, 0.2) is 12.0 Å². The Labute approximate surface area is 162 Å². The molecule has 0 fully saturated rings. The highest BCUT2D eigenvalue weighted by Crippen LogP contribution is 2.15. The number of aromatic nitrogens is 4. The van der Waals surface area contributed by atoms with Gasteiger partial charge in [-0.15, -0.1) is 5.11 Å². The van der Waals surface area contributed by atoms with Crippen molar-refractivity contribution in [3.8, 4) is 22.8 Å². The molecule has 0 bridgehead atoms. The van der Waals surface area contributed by atoms with Crippen LogP contribution in [0.3, 0.4) is 0 Å². The zero-order chi connectivity index (χ0) is 19.6. The Hall–Kier alpha value is -4.20. The van der Waals surface area contributed by atoms with Crippen LogP contribution in [0.25, 0.3) is 22.8 Å². The van der Waals surface area contributed by atoms with Gasteiger partial charge in [0.25, 0.3) is 0 Å². The average molecular weight is 371 g/mol. The maximum atomic E-state index is 6.00. The van der Waals surface area contributed by atoms with Gasteiger partial charge >= 0.3 is 5.82 Å². The van der Waals surface area contributed by atoms with Crippen molar-refractivity contribution in [1.29, 1.82) is 5.53 Å². The highest BCUT2D eigenvalue weighted by molar-refractivity contribution is 5.53. The van der Waals surface area contributed by atoms with Crippen molar-refractivity contribution in [3.05, 3.63) is 91.0 Å². The molecular formula is C20H19N8+. The van der Waals surface area contributed by atoms with E-state index >= 15 is 0 Å². The van der Waals surface area contributed by atoms with Crippen LogP contribution in [-0.4, -0.2) is 21.4 Å². The average Bonchev–Trinajstić information content (AvgIpc) is 3.22. The van der Waals surface area contributed by atoms with Crippen LogP contribution < -0.4 is 10.5 Å². The molecule has 0 saturated carbocycles. The summed E-state index contributed by atoms with van der Waals surface area (Å²) in [7, 11) is 0. The first-order valence-corrected chi connectivity index (χ1v) is 8.47. The van der Waals surface area contributed by atoms with Gasteiger partial charge < -0.3 is 5.84 Å². The van der Waals surface area contributed by atoms with Crippen LogP contribution in [0.2, 0.25) is 0 Å². The van der Waals surface area contributed by atoms with Gasteiger partial charge in [0.1, 0.15) is 5.69 Å². The van der Waals surface area contributed by atoms with Crippen LogP contribution in [-0.2, 0) is 0 Å². The Balaban J connectivity index is 0.000000403. The van der Waals surface area contributed by atoms with Crippen molar-refractivity contribution in [3.63, 3.8) is 0 Å². The third-order valence-corrected chi connectivity index (χ3v) is 3.71. The molecule has 0 unspecified atom stereocenters. The lowest BCUT2D eigenvalue weighted by atomic mass is 10.2. The van der Waals surface area contributed by atoms with Crippen LogP contribution in [0.5, 0.6) is 0 Å². The van der Waals surface area contributed by atoms with Gasteiger partial charge in [0.2, 0.25) is 0 Å². The number of hydrogen-bond acceptors (Lipinski definition) is 5. The molecule has 0 aliphatic carbocycles. The van der Waals surface area contributed by atoms with Crippen molar-refractivity contribution in [2.45, 2.75) is 0 Å². The first kappa shape index (κ1) is 18.6. The predicted molar refractivity (Wildman–Crippen MR) is 106 cm³/mol. The maximum absolute atomic E-state index is 6.00. The molecule has 3 N–H and O–H groups in total. The first-order valence-electron chi connectivity index (χ1n) is 8.47. The van der Waals surface area contributed by atoms with E-state index in [2.05, 4.69) is 21.3 Å². The number of hydrogen-bond donors (Lipinski definition) is 2. The van der Waals surface area contributed by atoms with Crippen molar-refractivity contribution in [2.75, 3.05) is 0 Å². The Morgan fingerprint density at radius 1 is 0.857 bits per heavy atom. The van der Waals surface area contributed by atoms with E-state index < -0.39 is 0 Å². The molecule has 0 radical (unpaired) electrons. The zero-order valence-electron chi connectivity index (χ0n) is 15.0. The Morgan fingerprint density at radius 2 is 1.43 bits per heavy atom. The molecule has 0 amide bonds. The van der Waals surface area contributed by atoms with Gasteiger partial charge in [-0.1, -0.05) is 59.3 Å². The van der Waals surface area contributed by atoms with Gasteiger partial charge in [0.05, 0.1) is 15.9 Å². The summed E-state index contributed by atoms with van der Waals surface area (Å²) in [5.74, 6) is 5.30. The summed E-state index contributed by atoms with van der Waals surface area (Å²) >= 11 is 0. The summed E-state index contributed by atoms with van der Waals surface area (Å²) in [4.78, 5) is 1.66. The second-order valence-corrected chi connectivity index (χ2v) is 5.55. The SMILES string of the molecule is N=N/C=N/N.c1ccc(-c2nn(-c3ccccc3)n[n+]2-c2ccccc2)cc1. The number of nitrogens with one attached hydrogen (secondary N) is 1. The Bertz CT molecular complexity index is 971. The third kappa shape index (κ3) is 4.50. The normalized spacial score (nSPS) is 10.3. The number of para-hydroxylation sites is 2. The molecule has 0 saturated heterocycles. The molecule has 0 atom stereocenters. The minimum atomic E-state index is 0.806. The van der Waals surface area contributed by atoms with Gasteiger partial charge in [-0.3, -0.25) is 0 Å². The number of hydrazone groups is 1. The second-order valence-electron chi connectivity index (χ2n) is 5.55. The molecular weight excluding hydrogens is 352 g/mol. The summed E-state index contributed by atoms with van der Waals surface area (Å²) in [6.07, 6.45) is 0.944. The topological polar surface area (TPSA) is 109 Å². The molecule has 4 rings (SSSR count). The van der Waals surface area contributed by atoms with E-state index in [0.717, 1.165) is 29.1 Å². The molecule has 4 aromatic rings. The van der Waals surface area contributed by atoms with Crippen molar-refractivity contribution in [2.24, 2.45) is 16.1 Å². The molecule has 8 heteroatoms. The summed E-state index contributed by atoms with van der Waals surface area (Å²) < 4.78 is 1.86. The van der Waals surface area contributed by atoms with E-state index in [0.29, 0.717) is 0 Å². The van der Waals surface area contributed by atoms with Gasteiger partial charge in [-0.05, 0) is 36.4 Å². The summed E-state index contributed by atoms with van der Waals surface area (Å²) in [5, 5.41) is 14.9. The lowest BCUT2D eigenvalue weighted by molar-refractivity contribution is -0.651. The second kappa shape index (κ2) is 9.48. The van der Waals surface area contributed by atoms with Crippen molar-refractivity contribution >= 4 is 6.34 Å². The van der Waals surface area contributed by atoms with E-state index in [1.54, 1.807) is 4.80 Å². The number of benzene rings is 3. The van der Waals surface area contributed by atoms with Crippen molar-refractivity contribution < 1.29 is 4.68 Å². The smallest absolute Gasteiger partial charge is 0.322 e. The number of nitrogens with zero attached hydrogens (tertiary/aromatic N) is 6. The summed E-state index contributed by atoms with van der Waals surface area (Å²) in [6, 6.07) is 30.1. The zero-order valence-corrected chi connectivity index (χ0v) is 15.0. The van der Waals surface area contributed by atoms with Gasteiger partial charge in [-0.2, -0.15) is 5.10 Å². The standard InChI is InChI=1S/C19H15N4.CH4N4/c1-4-10-16(11-5-1)19-20-23(18-14-8-3-9-15-18)21-22(19)17-12-6-2-7-13-17;2-4-1-5-3/h1-15H;1-2H,3H2/q+1;/b;4-2?,5-1+. The van der Waals surface area contributed by atoms with Gasteiger partial charge in [0, 0.05) is 4.80 Å². The number of tetrazole rings is 1. The van der Waals surface area contributed by atoms with Crippen LogP contribution in [0, 0.1) is 5.53 Å². The molecule has 3 aromatic carbocycles. The molecule has 1 aromatic heterocycles. The fourth-order valence-corrected chi connectivity index (χ4v) is 2.49. The molecule has 138 valence electrons. The van der Waals surface area contributed by atoms with Gasteiger partial charge in [-0.25, -0.2) is 5.53 Å². The molecule has 1 heterocycles. The first-order chi connectivity index (χ1) is 13.8. The molecule has 0 spiro atoms. The van der Waals surface area contributed by atoms with E-state index in [-0.39, 0.29) is 0 Å². The largest absolute Gasteiger partial charge is 0.335 e. The maximum Gasteiger partial charge on any atom is 0.335 e. The lowest BCUT2D eigenvalue weighted by Crippen LogP contribution is -2.35. The van der Waals surface area contributed by atoms with E-state index in [4.69, 9.17) is 10.6 Å². The van der Waals surface area contributed by atoms with Crippen LogP contribution in [0.15, 0.2) is 101 Å². The quantitative estimate of drug-likeness (QED) is 0.144. The highest BCUT2D eigenvalue weighted by Gasteiger charge is 2.23. The van der Waals surface area contributed by atoms with Crippen LogP contribution >= 0.6 is 0 Å². The number of rotatable bonds is 4.